The van der Waals surface area contributed by atoms with Crippen LogP contribution in [0.3, 0.4) is 0 Å². The van der Waals surface area contributed by atoms with Crippen molar-refractivity contribution < 1.29 is 9.90 Å². The zero-order valence-corrected chi connectivity index (χ0v) is 9.89. The van der Waals surface area contributed by atoms with Crippen molar-refractivity contribution in [1.29, 1.82) is 0 Å². The first-order valence-corrected chi connectivity index (χ1v) is 6.12. The van der Waals surface area contributed by atoms with Crippen molar-refractivity contribution in [3.8, 4) is 0 Å². The van der Waals surface area contributed by atoms with Crippen molar-refractivity contribution >= 4 is 16.9 Å². The fourth-order valence-electron chi connectivity index (χ4n) is 2.71. The lowest BCUT2D eigenvalue weighted by Crippen LogP contribution is -2.39. The van der Waals surface area contributed by atoms with Gasteiger partial charge in [0.1, 0.15) is 0 Å². The molecule has 5 heteroatoms. The number of benzene rings is 1. The maximum Gasteiger partial charge on any atom is 0.308 e. The van der Waals surface area contributed by atoms with Crippen LogP contribution in [0.5, 0.6) is 0 Å². The van der Waals surface area contributed by atoms with E-state index >= 15 is 0 Å². The second-order valence-electron chi connectivity index (χ2n) is 4.76. The number of carboxylic acid groups (broad SMARTS) is 1. The van der Waals surface area contributed by atoms with Gasteiger partial charge in [0.15, 0.2) is 0 Å². The summed E-state index contributed by atoms with van der Waals surface area (Å²) in [5.74, 6) is -0.981. The number of hydrogen-bond donors (Lipinski definition) is 3. The molecule has 0 bridgehead atoms. The average Bonchev–Trinajstić information content (AvgIpc) is 2.85. The van der Waals surface area contributed by atoms with Crippen molar-refractivity contribution in [2.45, 2.75) is 12.3 Å². The van der Waals surface area contributed by atoms with Crippen molar-refractivity contribution in [3.05, 3.63) is 30.0 Å². The minimum Gasteiger partial charge on any atom is -0.481 e. The first kappa shape index (κ1) is 11.2. The first-order chi connectivity index (χ1) is 8.75. The summed E-state index contributed by atoms with van der Waals surface area (Å²) in [6, 6.07) is 6.02. The number of nitrogens with zero attached hydrogens (tertiary/aromatic N) is 1. The van der Waals surface area contributed by atoms with Crippen LogP contribution in [0.25, 0.3) is 10.9 Å². The molecule has 3 N–H and O–H groups in total. The molecule has 2 aromatic rings. The number of fused-ring (bicyclic) bond motifs is 1. The number of carboxylic acids is 1. The highest BCUT2D eigenvalue weighted by Crippen LogP contribution is 2.31. The maximum atomic E-state index is 11.3. The Morgan fingerprint density at radius 3 is 3.17 bits per heavy atom. The zero-order chi connectivity index (χ0) is 12.5. The smallest absolute Gasteiger partial charge is 0.308 e. The van der Waals surface area contributed by atoms with E-state index in [-0.39, 0.29) is 11.8 Å². The zero-order valence-electron chi connectivity index (χ0n) is 9.89. The van der Waals surface area contributed by atoms with Gasteiger partial charge in [-0.1, -0.05) is 6.07 Å². The number of aliphatic carboxylic acids is 1. The molecule has 1 fully saturated rings. The summed E-state index contributed by atoms with van der Waals surface area (Å²) in [6.07, 6.45) is 2.63. The molecular weight excluding hydrogens is 230 g/mol. The molecule has 1 aliphatic rings. The second-order valence-corrected chi connectivity index (χ2v) is 4.76. The molecule has 0 aliphatic carbocycles. The summed E-state index contributed by atoms with van der Waals surface area (Å²) in [6.45, 7) is 1.42. The molecule has 0 saturated carbocycles. The third-order valence-electron chi connectivity index (χ3n) is 3.69. The quantitative estimate of drug-likeness (QED) is 0.746. The number of hydrogen-bond acceptors (Lipinski definition) is 3. The summed E-state index contributed by atoms with van der Waals surface area (Å²) >= 11 is 0. The van der Waals surface area contributed by atoms with E-state index in [1.165, 1.54) is 0 Å². The van der Waals surface area contributed by atoms with Crippen LogP contribution < -0.4 is 5.32 Å². The number of aromatic nitrogens is 2. The minimum atomic E-state index is -0.723. The van der Waals surface area contributed by atoms with Crippen LogP contribution in [0.1, 0.15) is 17.9 Å². The highest BCUT2D eigenvalue weighted by Gasteiger charge is 2.31. The molecule has 2 heterocycles. The SMILES string of the molecule is O=C(O)C1CNCCC1c1ccc2[nH]ncc2c1. The van der Waals surface area contributed by atoms with E-state index in [0.29, 0.717) is 6.54 Å². The second kappa shape index (κ2) is 4.42. The number of carbonyl (C=O) groups is 1. The number of aromatic amines is 1. The van der Waals surface area contributed by atoms with Crippen LogP contribution >= 0.6 is 0 Å². The van der Waals surface area contributed by atoms with Crippen LogP contribution in [0.15, 0.2) is 24.4 Å². The van der Waals surface area contributed by atoms with Gasteiger partial charge in [-0.3, -0.25) is 9.89 Å². The molecule has 18 heavy (non-hydrogen) atoms. The molecule has 5 nitrogen and oxygen atoms in total. The maximum absolute atomic E-state index is 11.3. The number of nitrogens with one attached hydrogen (secondary N) is 2. The number of rotatable bonds is 2. The standard InChI is InChI=1S/C13H15N3O2/c17-13(18)11-7-14-4-3-10(11)8-1-2-12-9(5-8)6-15-16-12/h1-2,5-6,10-11,14H,3-4,7H2,(H,15,16)(H,17,18). The normalized spacial score (nSPS) is 24.2. The highest BCUT2D eigenvalue weighted by atomic mass is 16.4. The molecule has 0 spiro atoms. The third-order valence-corrected chi connectivity index (χ3v) is 3.69. The summed E-state index contributed by atoms with van der Waals surface area (Å²) < 4.78 is 0. The fraction of sp³-hybridized carbons (Fsp3) is 0.385. The molecular formula is C13H15N3O2. The van der Waals surface area contributed by atoms with Crippen molar-refractivity contribution in [2.75, 3.05) is 13.1 Å². The summed E-state index contributed by atoms with van der Waals surface area (Å²) in [5, 5.41) is 20.4. The number of piperidine rings is 1. The van der Waals surface area contributed by atoms with Gasteiger partial charge in [-0.2, -0.15) is 5.10 Å². The molecule has 0 amide bonds. The van der Waals surface area contributed by atoms with Gasteiger partial charge in [-0.25, -0.2) is 0 Å². The van der Waals surface area contributed by atoms with Crippen molar-refractivity contribution in [3.63, 3.8) is 0 Å². The molecule has 2 unspecified atom stereocenters. The van der Waals surface area contributed by atoms with Gasteiger partial charge in [0.25, 0.3) is 0 Å². The van der Waals surface area contributed by atoms with E-state index in [4.69, 9.17) is 0 Å². The van der Waals surface area contributed by atoms with Gasteiger partial charge in [0.2, 0.25) is 0 Å². The minimum absolute atomic E-state index is 0.0862. The molecule has 1 saturated heterocycles. The number of H-pyrrole nitrogens is 1. The Bertz CT molecular complexity index is 578. The Hall–Kier alpha value is -1.88. The van der Waals surface area contributed by atoms with Crippen LogP contribution in [0.2, 0.25) is 0 Å². The summed E-state index contributed by atoms with van der Waals surface area (Å²) in [4.78, 5) is 11.3. The molecule has 1 aromatic carbocycles. The predicted molar refractivity (Wildman–Crippen MR) is 67.4 cm³/mol. The summed E-state index contributed by atoms with van der Waals surface area (Å²) in [5.41, 5.74) is 2.08. The molecule has 94 valence electrons. The van der Waals surface area contributed by atoms with Crippen LogP contribution in [-0.4, -0.2) is 34.4 Å². The van der Waals surface area contributed by atoms with Gasteiger partial charge in [0, 0.05) is 11.9 Å². The van der Waals surface area contributed by atoms with Gasteiger partial charge in [-0.15, -0.1) is 0 Å². The largest absolute Gasteiger partial charge is 0.481 e. The highest BCUT2D eigenvalue weighted by molar-refractivity contribution is 5.79. The monoisotopic (exact) mass is 245 g/mol. The molecule has 3 rings (SSSR count). The summed E-state index contributed by atoms with van der Waals surface area (Å²) in [7, 11) is 0. The molecule has 1 aromatic heterocycles. The Morgan fingerprint density at radius 1 is 1.44 bits per heavy atom. The van der Waals surface area contributed by atoms with Crippen molar-refractivity contribution in [2.24, 2.45) is 5.92 Å². The van der Waals surface area contributed by atoms with E-state index < -0.39 is 5.97 Å². The van der Waals surface area contributed by atoms with E-state index in [2.05, 4.69) is 15.5 Å². The Morgan fingerprint density at radius 2 is 2.33 bits per heavy atom. The Kier molecular flexibility index (Phi) is 2.76. The fourth-order valence-corrected chi connectivity index (χ4v) is 2.71. The average molecular weight is 245 g/mol. The molecule has 2 atom stereocenters. The van der Waals surface area contributed by atoms with Crippen LogP contribution in [0.4, 0.5) is 0 Å². The lowest BCUT2D eigenvalue weighted by molar-refractivity contribution is -0.142. The van der Waals surface area contributed by atoms with Gasteiger partial charge in [0.05, 0.1) is 17.6 Å². The van der Waals surface area contributed by atoms with E-state index in [1.807, 2.05) is 18.2 Å². The van der Waals surface area contributed by atoms with Gasteiger partial charge in [-0.05, 0) is 36.6 Å². The predicted octanol–water partition coefficient (Wildman–Crippen LogP) is 1.34. The van der Waals surface area contributed by atoms with Crippen LogP contribution in [0, 0.1) is 5.92 Å². The molecule has 1 aliphatic heterocycles. The topological polar surface area (TPSA) is 78.0 Å². The molecule has 0 radical (unpaired) electrons. The lowest BCUT2D eigenvalue weighted by atomic mass is 9.81. The van der Waals surface area contributed by atoms with E-state index in [1.54, 1.807) is 6.20 Å². The van der Waals surface area contributed by atoms with E-state index in [9.17, 15) is 9.90 Å². The van der Waals surface area contributed by atoms with Gasteiger partial charge >= 0.3 is 5.97 Å². The van der Waals surface area contributed by atoms with Crippen molar-refractivity contribution in [1.82, 2.24) is 15.5 Å². The van der Waals surface area contributed by atoms with E-state index in [0.717, 1.165) is 29.4 Å². The third kappa shape index (κ3) is 1.86. The Balaban J connectivity index is 1.97. The lowest BCUT2D eigenvalue weighted by Gasteiger charge is -2.29. The first-order valence-electron chi connectivity index (χ1n) is 6.12. The van der Waals surface area contributed by atoms with Gasteiger partial charge < -0.3 is 10.4 Å². The Labute approximate surface area is 104 Å². The van der Waals surface area contributed by atoms with Crippen LogP contribution in [-0.2, 0) is 4.79 Å².